The van der Waals surface area contributed by atoms with Crippen LogP contribution < -0.4 is 10.1 Å². The molecule has 1 fully saturated rings. The van der Waals surface area contributed by atoms with Gasteiger partial charge in [-0.15, -0.1) is 0 Å². The summed E-state index contributed by atoms with van der Waals surface area (Å²) in [5.74, 6) is -1.05. The Balaban J connectivity index is 1.50. The zero-order valence-corrected chi connectivity index (χ0v) is 16.5. The normalized spacial score (nSPS) is 17.0. The molecule has 2 aromatic carbocycles. The molecule has 1 aliphatic rings. The highest BCUT2D eigenvalue weighted by atomic mass is 16.5. The zero-order valence-electron chi connectivity index (χ0n) is 16.5. The first-order valence-corrected chi connectivity index (χ1v) is 9.43. The molecule has 0 aliphatic carbocycles. The van der Waals surface area contributed by atoms with Crippen molar-refractivity contribution in [1.29, 1.82) is 0 Å². The molecule has 0 saturated carbocycles. The highest BCUT2D eigenvalue weighted by molar-refractivity contribution is 5.93. The molecular weight excluding hydrogens is 372 g/mol. The molecular formula is C22H24N2O5. The van der Waals surface area contributed by atoms with Crippen LogP contribution in [0.15, 0.2) is 54.6 Å². The molecule has 0 aromatic heterocycles. The highest BCUT2D eigenvalue weighted by Crippen LogP contribution is 2.29. The molecule has 7 heteroatoms. The Bertz CT molecular complexity index is 884. The van der Waals surface area contributed by atoms with Crippen LogP contribution in [0.3, 0.4) is 0 Å². The summed E-state index contributed by atoms with van der Waals surface area (Å²) in [6.07, 6.45) is 0.0908. The standard InChI is InChI=1S/C22H24N2O5/c1-15(16-7-4-3-5-8-16)24-13-17(11-21(24)26)22(27)29-14-20(25)23-18-9-6-10-19(12-18)28-2/h3-10,12,15,17H,11,13-14H2,1-2H3,(H,23,25)/t15-,17+/m1/s1. The fraction of sp³-hybridized carbons (Fsp3) is 0.318. The lowest BCUT2D eigenvalue weighted by Crippen LogP contribution is -2.30. The molecule has 0 unspecified atom stereocenters. The van der Waals surface area contributed by atoms with Crippen molar-refractivity contribution in [3.8, 4) is 5.75 Å². The van der Waals surface area contributed by atoms with Crippen LogP contribution in [0.2, 0.25) is 0 Å². The van der Waals surface area contributed by atoms with Crippen LogP contribution in [0.5, 0.6) is 5.75 Å². The molecule has 1 heterocycles. The molecule has 3 rings (SSSR count). The number of hydrogen-bond acceptors (Lipinski definition) is 5. The Kier molecular flexibility index (Phi) is 6.49. The summed E-state index contributed by atoms with van der Waals surface area (Å²) in [6, 6.07) is 16.4. The van der Waals surface area contributed by atoms with Crippen molar-refractivity contribution < 1.29 is 23.9 Å². The lowest BCUT2D eigenvalue weighted by Gasteiger charge is -2.25. The molecule has 2 amide bonds. The number of carbonyl (C=O) groups is 3. The van der Waals surface area contributed by atoms with Crippen LogP contribution in [-0.2, 0) is 19.1 Å². The number of nitrogens with zero attached hydrogens (tertiary/aromatic N) is 1. The molecule has 2 aromatic rings. The number of anilines is 1. The third-order valence-electron chi connectivity index (χ3n) is 4.94. The number of esters is 1. The van der Waals surface area contributed by atoms with E-state index in [-0.39, 0.29) is 24.9 Å². The van der Waals surface area contributed by atoms with E-state index in [9.17, 15) is 14.4 Å². The zero-order chi connectivity index (χ0) is 20.8. The summed E-state index contributed by atoms with van der Waals surface area (Å²) in [5.41, 5.74) is 1.55. The quantitative estimate of drug-likeness (QED) is 0.728. The first kappa shape index (κ1) is 20.4. The molecule has 29 heavy (non-hydrogen) atoms. The number of benzene rings is 2. The molecule has 1 N–H and O–H groups in total. The molecule has 0 bridgehead atoms. The first-order chi connectivity index (χ1) is 14.0. The van der Waals surface area contributed by atoms with E-state index in [2.05, 4.69) is 5.32 Å². The fourth-order valence-corrected chi connectivity index (χ4v) is 3.33. The smallest absolute Gasteiger partial charge is 0.311 e. The van der Waals surface area contributed by atoms with Crippen molar-refractivity contribution in [3.63, 3.8) is 0 Å². The van der Waals surface area contributed by atoms with Crippen LogP contribution in [0, 0.1) is 5.92 Å². The topological polar surface area (TPSA) is 84.9 Å². The maximum absolute atomic E-state index is 12.4. The minimum Gasteiger partial charge on any atom is -0.497 e. The van der Waals surface area contributed by atoms with Gasteiger partial charge in [-0.25, -0.2) is 0 Å². The van der Waals surface area contributed by atoms with Crippen molar-refractivity contribution in [2.45, 2.75) is 19.4 Å². The molecule has 1 aliphatic heterocycles. The Labute approximate surface area is 169 Å². The van der Waals surface area contributed by atoms with Gasteiger partial charge in [0.2, 0.25) is 5.91 Å². The van der Waals surface area contributed by atoms with E-state index in [0.717, 1.165) is 5.56 Å². The molecule has 7 nitrogen and oxygen atoms in total. The van der Waals surface area contributed by atoms with Crippen molar-refractivity contribution in [2.24, 2.45) is 5.92 Å². The van der Waals surface area contributed by atoms with Crippen LogP contribution in [0.4, 0.5) is 5.69 Å². The van der Waals surface area contributed by atoms with E-state index in [1.54, 1.807) is 29.2 Å². The average Bonchev–Trinajstić information content (AvgIpc) is 3.14. The van der Waals surface area contributed by atoms with Gasteiger partial charge in [0.15, 0.2) is 6.61 Å². The highest BCUT2D eigenvalue weighted by Gasteiger charge is 2.38. The van der Waals surface area contributed by atoms with Crippen molar-refractivity contribution in [3.05, 3.63) is 60.2 Å². The molecule has 0 spiro atoms. The van der Waals surface area contributed by atoms with Crippen LogP contribution in [0.1, 0.15) is 24.9 Å². The Morgan fingerprint density at radius 2 is 1.93 bits per heavy atom. The summed E-state index contributed by atoms with van der Waals surface area (Å²) >= 11 is 0. The average molecular weight is 396 g/mol. The number of nitrogens with one attached hydrogen (secondary N) is 1. The lowest BCUT2D eigenvalue weighted by molar-refractivity contribution is -0.151. The molecule has 2 atom stereocenters. The van der Waals surface area contributed by atoms with E-state index in [1.807, 2.05) is 37.3 Å². The van der Waals surface area contributed by atoms with E-state index in [1.165, 1.54) is 7.11 Å². The van der Waals surface area contributed by atoms with Gasteiger partial charge in [-0.05, 0) is 24.6 Å². The summed E-state index contributed by atoms with van der Waals surface area (Å²) in [6.45, 7) is 1.81. The van der Waals surface area contributed by atoms with Gasteiger partial charge in [-0.1, -0.05) is 36.4 Å². The van der Waals surface area contributed by atoms with Crippen LogP contribution >= 0.6 is 0 Å². The number of likely N-dealkylation sites (tertiary alicyclic amines) is 1. The third-order valence-corrected chi connectivity index (χ3v) is 4.94. The van der Waals surface area contributed by atoms with Crippen molar-refractivity contribution >= 4 is 23.5 Å². The van der Waals surface area contributed by atoms with E-state index < -0.39 is 24.4 Å². The minimum absolute atomic E-state index is 0.0908. The number of ether oxygens (including phenoxy) is 2. The number of carbonyl (C=O) groups excluding carboxylic acids is 3. The SMILES string of the molecule is COc1cccc(NC(=O)COC(=O)[C@H]2CC(=O)N([C@H](C)c3ccccc3)C2)c1. The van der Waals surface area contributed by atoms with E-state index >= 15 is 0 Å². The van der Waals surface area contributed by atoms with Gasteiger partial charge < -0.3 is 19.7 Å². The molecule has 1 saturated heterocycles. The van der Waals surface area contributed by atoms with E-state index in [0.29, 0.717) is 11.4 Å². The van der Waals surface area contributed by atoms with Crippen molar-refractivity contribution in [1.82, 2.24) is 4.90 Å². The van der Waals surface area contributed by atoms with Gasteiger partial charge in [-0.2, -0.15) is 0 Å². The van der Waals surface area contributed by atoms with Gasteiger partial charge in [0.05, 0.1) is 19.1 Å². The Morgan fingerprint density at radius 3 is 2.66 bits per heavy atom. The number of methoxy groups -OCH3 is 1. The maximum Gasteiger partial charge on any atom is 0.311 e. The summed E-state index contributed by atoms with van der Waals surface area (Å²) in [7, 11) is 1.54. The molecule has 0 radical (unpaired) electrons. The fourth-order valence-electron chi connectivity index (χ4n) is 3.33. The van der Waals surface area contributed by atoms with Gasteiger partial charge in [0, 0.05) is 24.7 Å². The second-order valence-electron chi connectivity index (χ2n) is 6.92. The van der Waals surface area contributed by atoms with Gasteiger partial charge >= 0.3 is 5.97 Å². The maximum atomic E-state index is 12.4. The first-order valence-electron chi connectivity index (χ1n) is 9.43. The number of amides is 2. The predicted octanol–water partition coefficient (Wildman–Crippen LogP) is 2.79. The third kappa shape index (κ3) is 5.13. The monoisotopic (exact) mass is 396 g/mol. The minimum atomic E-state index is -0.571. The van der Waals surface area contributed by atoms with E-state index in [4.69, 9.17) is 9.47 Å². The summed E-state index contributed by atoms with van der Waals surface area (Å²) in [4.78, 5) is 38.4. The van der Waals surface area contributed by atoms with Gasteiger partial charge in [0.25, 0.3) is 5.91 Å². The second kappa shape index (κ2) is 9.23. The van der Waals surface area contributed by atoms with Gasteiger partial charge in [-0.3, -0.25) is 14.4 Å². The van der Waals surface area contributed by atoms with Crippen LogP contribution in [0.25, 0.3) is 0 Å². The summed E-state index contributed by atoms with van der Waals surface area (Å²) in [5, 5.41) is 2.65. The van der Waals surface area contributed by atoms with Crippen LogP contribution in [-0.4, -0.2) is 42.9 Å². The lowest BCUT2D eigenvalue weighted by atomic mass is 10.1. The van der Waals surface area contributed by atoms with Gasteiger partial charge in [0.1, 0.15) is 5.75 Å². The predicted molar refractivity (Wildman–Crippen MR) is 107 cm³/mol. The number of rotatable bonds is 7. The Hall–Kier alpha value is -3.35. The number of hydrogen-bond donors (Lipinski definition) is 1. The summed E-state index contributed by atoms with van der Waals surface area (Å²) < 4.78 is 10.2. The Morgan fingerprint density at radius 1 is 1.17 bits per heavy atom. The van der Waals surface area contributed by atoms with Crippen molar-refractivity contribution in [2.75, 3.05) is 25.6 Å². The molecule has 152 valence electrons. The second-order valence-corrected chi connectivity index (χ2v) is 6.92. The largest absolute Gasteiger partial charge is 0.497 e.